The van der Waals surface area contributed by atoms with Crippen LogP contribution in [0.25, 0.3) is 0 Å². The highest BCUT2D eigenvalue weighted by molar-refractivity contribution is 5.46. The van der Waals surface area contributed by atoms with Crippen LogP contribution < -0.4 is 4.90 Å². The van der Waals surface area contributed by atoms with Gasteiger partial charge in [-0.1, -0.05) is 30.3 Å². The van der Waals surface area contributed by atoms with Crippen LogP contribution >= 0.6 is 0 Å². The summed E-state index contributed by atoms with van der Waals surface area (Å²) in [7, 11) is 0. The third-order valence-electron chi connectivity index (χ3n) is 4.09. The molecule has 0 N–H and O–H groups in total. The molecule has 0 bridgehead atoms. The minimum atomic E-state index is -0.381. The van der Waals surface area contributed by atoms with Crippen LogP contribution in [0, 0.1) is 17.1 Å². The molecule has 1 fully saturated rings. The first-order valence-electron chi connectivity index (χ1n) is 7.47. The summed E-state index contributed by atoms with van der Waals surface area (Å²) < 4.78 is 13.4. The molecule has 3 rings (SSSR count). The first kappa shape index (κ1) is 14.6. The van der Waals surface area contributed by atoms with E-state index in [1.54, 1.807) is 6.07 Å². The smallest absolute Gasteiger partial charge is 0.124 e. The fourth-order valence-electron chi connectivity index (χ4n) is 2.92. The lowest BCUT2D eigenvalue weighted by Crippen LogP contribution is -2.47. The number of nitriles is 1. The largest absolute Gasteiger partial charge is 0.369 e. The van der Waals surface area contributed by atoms with E-state index in [9.17, 15) is 9.65 Å². The number of rotatable bonds is 3. The van der Waals surface area contributed by atoms with Crippen molar-refractivity contribution >= 4 is 5.69 Å². The predicted molar refractivity (Wildman–Crippen MR) is 85.0 cm³/mol. The van der Waals surface area contributed by atoms with Gasteiger partial charge in [-0.15, -0.1) is 0 Å². The van der Waals surface area contributed by atoms with Crippen molar-refractivity contribution in [3.8, 4) is 6.07 Å². The number of para-hydroxylation sites is 1. The van der Waals surface area contributed by atoms with Crippen LogP contribution in [0.5, 0.6) is 0 Å². The Morgan fingerprint density at radius 3 is 2.32 bits per heavy atom. The molecule has 4 heteroatoms. The summed E-state index contributed by atoms with van der Waals surface area (Å²) >= 11 is 0. The first-order valence-corrected chi connectivity index (χ1v) is 7.47. The van der Waals surface area contributed by atoms with Crippen molar-refractivity contribution in [3.05, 3.63) is 66.0 Å². The zero-order chi connectivity index (χ0) is 15.4. The maximum absolute atomic E-state index is 13.4. The molecule has 0 aromatic heterocycles. The number of anilines is 1. The summed E-state index contributed by atoms with van der Waals surface area (Å²) in [5.74, 6) is -0.291. The van der Waals surface area contributed by atoms with E-state index < -0.39 is 0 Å². The van der Waals surface area contributed by atoms with Gasteiger partial charge < -0.3 is 4.90 Å². The number of nitrogens with zero attached hydrogens (tertiary/aromatic N) is 3. The summed E-state index contributed by atoms with van der Waals surface area (Å²) in [6, 6.07) is 18.6. The second kappa shape index (κ2) is 6.59. The number of halogens is 1. The van der Waals surface area contributed by atoms with Crippen molar-refractivity contribution in [2.45, 2.75) is 6.04 Å². The molecular formula is C18H18FN3. The van der Waals surface area contributed by atoms with Gasteiger partial charge >= 0.3 is 0 Å². The van der Waals surface area contributed by atoms with Crippen molar-refractivity contribution in [1.29, 1.82) is 5.26 Å². The molecule has 0 saturated carbocycles. The number of hydrogen-bond donors (Lipinski definition) is 0. The molecular weight excluding hydrogens is 277 g/mol. The summed E-state index contributed by atoms with van der Waals surface area (Å²) in [5, 5.41) is 9.48. The number of hydrogen-bond acceptors (Lipinski definition) is 3. The lowest BCUT2D eigenvalue weighted by Gasteiger charge is -2.38. The molecule has 3 nitrogen and oxygen atoms in total. The van der Waals surface area contributed by atoms with E-state index in [0.717, 1.165) is 31.7 Å². The second-order valence-electron chi connectivity index (χ2n) is 5.45. The number of piperazine rings is 1. The normalized spacial score (nSPS) is 17.0. The van der Waals surface area contributed by atoms with Gasteiger partial charge in [-0.2, -0.15) is 5.26 Å². The Bertz CT molecular complexity index is 658. The monoisotopic (exact) mass is 295 g/mol. The molecule has 0 aliphatic carbocycles. The summed E-state index contributed by atoms with van der Waals surface area (Å²) in [6.07, 6.45) is 0. The van der Waals surface area contributed by atoms with Gasteiger partial charge in [0.1, 0.15) is 11.9 Å². The van der Waals surface area contributed by atoms with Crippen LogP contribution in [-0.2, 0) is 0 Å². The van der Waals surface area contributed by atoms with Gasteiger partial charge in [0.2, 0.25) is 0 Å². The van der Waals surface area contributed by atoms with Crippen molar-refractivity contribution in [1.82, 2.24) is 4.90 Å². The molecule has 22 heavy (non-hydrogen) atoms. The van der Waals surface area contributed by atoms with Gasteiger partial charge in [-0.05, 0) is 29.8 Å². The van der Waals surface area contributed by atoms with Gasteiger partial charge in [0.05, 0.1) is 6.07 Å². The van der Waals surface area contributed by atoms with Crippen LogP contribution in [0.15, 0.2) is 54.6 Å². The minimum Gasteiger partial charge on any atom is -0.369 e. The van der Waals surface area contributed by atoms with Gasteiger partial charge in [-0.25, -0.2) is 4.39 Å². The standard InChI is InChI=1S/C18H18FN3/c19-16-6-4-5-15(13-16)18(14-20)22-11-9-21(10-12-22)17-7-2-1-3-8-17/h1-8,13,18H,9-12H2. The van der Waals surface area contributed by atoms with Crippen molar-refractivity contribution in [2.24, 2.45) is 0 Å². The molecule has 2 aromatic rings. The molecule has 1 aliphatic heterocycles. The molecule has 1 atom stereocenters. The Morgan fingerprint density at radius 2 is 1.68 bits per heavy atom. The summed E-state index contributed by atoms with van der Waals surface area (Å²) in [6.45, 7) is 3.34. The van der Waals surface area contributed by atoms with Crippen LogP contribution in [0.2, 0.25) is 0 Å². The van der Waals surface area contributed by atoms with Crippen molar-refractivity contribution in [3.63, 3.8) is 0 Å². The molecule has 0 radical (unpaired) electrons. The maximum atomic E-state index is 13.4. The number of benzene rings is 2. The maximum Gasteiger partial charge on any atom is 0.124 e. The summed E-state index contributed by atoms with van der Waals surface area (Å²) in [4.78, 5) is 4.44. The van der Waals surface area contributed by atoms with E-state index in [-0.39, 0.29) is 11.9 Å². The minimum absolute atomic E-state index is 0.291. The summed E-state index contributed by atoms with van der Waals surface area (Å²) in [5.41, 5.74) is 1.94. The van der Waals surface area contributed by atoms with Crippen LogP contribution in [0.1, 0.15) is 11.6 Å². The average molecular weight is 295 g/mol. The average Bonchev–Trinajstić information content (AvgIpc) is 2.57. The second-order valence-corrected chi connectivity index (χ2v) is 5.45. The molecule has 1 heterocycles. The lowest BCUT2D eigenvalue weighted by molar-refractivity contribution is 0.222. The third kappa shape index (κ3) is 3.10. The molecule has 1 saturated heterocycles. The molecule has 1 aliphatic rings. The van der Waals surface area contributed by atoms with E-state index in [1.165, 1.54) is 17.8 Å². The Kier molecular flexibility index (Phi) is 4.36. The van der Waals surface area contributed by atoms with Crippen LogP contribution in [-0.4, -0.2) is 31.1 Å². The van der Waals surface area contributed by atoms with Crippen LogP contribution in [0.4, 0.5) is 10.1 Å². The molecule has 0 spiro atoms. The predicted octanol–water partition coefficient (Wildman–Crippen LogP) is 3.21. The third-order valence-corrected chi connectivity index (χ3v) is 4.09. The topological polar surface area (TPSA) is 30.3 Å². The lowest BCUT2D eigenvalue weighted by atomic mass is 10.1. The fourth-order valence-corrected chi connectivity index (χ4v) is 2.92. The van der Waals surface area contributed by atoms with Gasteiger partial charge in [0.15, 0.2) is 0 Å². The Morgan fingerprint density at radius 1 is 0.955 bits per heavy atom. The van der Waals surface area contributed by atoms with Gasteiger partial charge in [-0.3, -0.25) is 4.90 Å². The molecule has 0 amide bonds. The quantitative estimate of drug-likeness (QED) is 0.871. The molecule has 1 unspecified atom stereocenters. The highest BCUT2D eigenvalue weighted by atomic mass is 19.1. The van der Waals surface area contributed by atoms with E-state index in [4.69, 9.17) is 0 Å². The Hall–Kier alpha value is -2.38. The Balaban J connectivity index is 1.69. The molecule has 112 valence electrons. The van der Waals surface area contributed by atoms with Crippen molar-refractivity contribution < 1.29 is 4.39 Å². The van der Waals surface area contributed by atoms with E-state index in [2.05, 4.69) is 28.0 Å². The van der Waals surface area contributed by atoms with Gasteiger partial charge in [0, 0.05) is 31.9 Å². The van der Waals surface area contributed by atoms with E-state index in [0.29, 0.717) is 0 Å². The van der Waals surface area contributed by atoms with Crippen molar-refractivity contribution in [2.75, 3.05) is 31.1 Å². The fraction of sp³-hybridized carbons (Fsp3) is 0.278. The Labute approximate surface area is 130 Å². The van der Waals surface area contributed by atoms with E-state index >= 15 is 0 Å². The first-order chi connectivity index (χ1) is 10.8. The van der Waals surface area contributed by atoms with Crippen LogP contribution in [0.3, 0.4) is 0 Å². The highest BCUT2D eigenvalue weighted by Crippen LogP contribution is 2.24. The highest BCUT2D eigenvalue weighted by Gasteiger charge is 2.25. The zero-order valence-corrected chi connectivity index (χ0v) is 12.3. The SMILES string of the molecule is N#CC(c1cccc(F)c1)N1CCN(c2ccccc2)CC1. The van der Waals surface area contributed by atoms with E-state index in [1.807, 2.05) is 24.3 Å². The molecule has 2 aromatic carbocycles. The zero-order valence-electron chi connectivity index (χ0n) is 12.3. The van der Waals surface area contributed by atoms with Gasteiger partial charge in [0.25, 0.3) is 0 Å².